The SMILES string of the molecule is COc1ccc(N/N=C(\C(C)=O)C(C)=NCCN=C(C)/C(=N/Nc2ccc(OC)cc2)C(C)=O)cc1. The third kappa shape index (κ3) is 8.79. The van der Waals surface area contributed by atoms with Gasteiger partial charge in [-0.2, -0.15) is 10.2 Å². The lowest BCUT2D eigenvalue weighted by atomic mass is 10.2. The predicted molar refractivity (Wildman–Crippen MR) is 145 cm³/mol. The van der Waals surface area contributed by atoms with Crippen molar-refractivity contribution in [2.24, 2.45) is 20.2 Å². The van der Waals surface area contributed by atoms with E-state index in [-0.39, 0.29) is 23.0 Å². The van der Waals surface area contributed by atoms with Crippen LogP contribution in [0.3, 0.4) is 0 Å². The highest BCUT2D eigenvalue weighted by Crippen LogP contribution is 2.16. The zero-order chi connectivity index (χ0) is 26.5. The second-order valence-electron chi connectivity index (χ2n) is 7.65. The summed E-state index contributed by atoms with van der Waals surface area (Å²) < 4.78 is 10.3. The molecular formula is C26H32N6O4. The topological polar surface area (TPSA) is 126 Å². The van der Waals surface area contributed by atoms with Crippen LogP contribution < -0.4 is 20.3 Å². The summed E-state index contributed by atoms with van der Waals surface area (Å²) in [6, 6.07) is 14.3. The number of carbonyl (C=O) groups is 2. The lowest BCUT2D eigenvalue weighted by Crippen LogP contribution is -2.22. The lowest BCUT2D eigenvalue weighted by Gasteiger charge is -2.07. The summed E-state index contributed by atoms with van der Waals surface area (Å²) in [5.74, 6) is 1.01. The summed E-state index contributed by atoms with van der Waals surface area (Å²) in [5, 5.41) is 8.42. The van der Waals surface area contributed by atoms with Gasteiger partial charge in [0.2, 0.25) is 0 Å². The highest BCUT2D eigenvalue weighted by molar-refractivity contribution is 6.67. The van der Waals surface area contributed by atoms with Gasteiger partial charge in [-0.05, 0) is 62.4 Å². The molecule has 0 unspecified atom stereocenters. The maximum atomic E-state index is 12.1. The first-order chi connectivity index (χ1) is 17.2. The number of Topliss-reactive ketones (excluding diaryl/α,β-unsaturated/α-hetero) is 2. The van der Waals surface area contributed by atoms with Crippen molar-refractivity contribution in [1.82, 2.24) is 0 Å². The number of ketones is 2. The number of benzene rings is 2. The Labute approximate surface area is 211 Å². The van der Waals surface area contributed by atoms with Crippen LogP contribution in [-0.4, -0.2) is 61.7 Å². The van der Waals surface area contributed by atoms with Gasteiger partial charge in [0.25, 0.3) is 0 Å². The Bertz CT molecular complexity index is 1070. The standard InChI is InChI=1S/C26H32N6O4/c1-17(25(19(3)33)31-29-21-7-11-23(35-5)12-8-21)27-15-16-28-18(2)26(20(4)34)32-30-22-9-13-24(36-6)14-10-22/h7-14,29-30H,15-16H2,1-6H3/b27-17?,28-18?,31-25-,32-26-. The highest BCUT2D eigenvalue weighted by Gasteiger charge is 2.12. The first kappa shape index (κ1) is 27.9. The van der Waals surface area contributed by atoms with Gasteiger partial charge >= 0.3 is 0 Å². The van der Waals surface area contributed by atoms with Crippen molar-refractivity contribution >= 4 is 45.8 Å². The highest BCUT2D eigenvalue weighted by atomic mass is 16.5. The summed E-state index contributed by atoms with van der Waals surface area (Å²) in [4.78, 5) is 33.0. The second-order valence-corrected chi connectivity index (χ2v) is 7.65. The van der Waals surface area contributed by atoms with Gasteiger partial charge in [0.05, 0.1) is 50.1 Å². The molecule has 0 saturated carbocycles. The molecular weight excluding hydrogens is 460 g/mol. The fraction of sp³-hybridized carbons (Fsp3) is 0.308. The molecule has 0 radical (unpaired) electrons. The summed E-state index contributed by atoms with van der Waals surface area (Å²) in [7, 11) is 3.18. The maximum Gasteiger partial charge on any atom is 0.181 e. The number of rotatable bonds is 13. The van der Waals surface area contributed by atoms with E-state index in [0.717, 1.165) is 11.5 Å². The summed E-state index contributed by atoms with van der Waals surface area (Å²) >= 11 is 0. The molecule has 10 heteroatoms. The molecule has 0 saturated heterocycles. The second kappa shape index (κ2) is 14.1. The normalized spacial score (nSPS) is 12.7. The van der Waals surface area contributed by atoms with Crippen LogP contribution in [0.5, 0.6) is 11.5 Å². The Kier molecular flexibility index (Phi) is 11.0. The van der Waals surface area contributed by atoms with E-state index >= 15 is 0 Å². The van der Waals surface area contributed by atoms with Crippen molar-refractivity contribution in [2.45, 2.75) is 27.7 Å². The molecule has 2 aromatic rings. The Morgan fingerprint density at radius 1 is 0.639 bits per heavy atom. The van der Waals surface area contributed by atoms with Crippen LogP contribution in [0.25, 0.3) is 0 Å². The molecule has 0 aromatic heterocycles. The predicted octanol–water partition coefficient (Wildman–Crippen LogP) is 4.04. The number of methoxy groups -OCH3 is 2. The monoisotopic (exact) mass is 492 g/mol. The molecule has 0 aliphatic rings. The van der Waals surface area contributed by atoms with Crippen molar-refractivity contribution in [2.75, 3.05) is 38.2 Å². The van der Waals surface area contributed by atoms with Gasteiger partial charge in [-0.3, -0.25) is 30.4 Å². The molecule has 0 aliphatic carbocycles. The number of carbonyl (C=O) groups excluding carboxylic acids is 2. The number of nitrogens with one attached hydrogen (secondary N) is 2. The average Bonchev–Trinajstić information content (AvgIpc) is 2.87. The van der Waals surface area contributed by atoms with Gasteiger partial charge in [-0.25, -0.2) is 0 Å². The van der Waals surface area contributed by atoms with E-state index in [9.17, 15) is 9.59 Å². The van der Waals surface area contributed by atoms with E-state index in [1.165, 1.54) is 13.8 Å². The quantitative estimate of drug-likeness (QED) is 0.247. The smallest absolute Gasteiger partial charge is 0.181 e. The summed E-state index contributed by atoms with van der Waals surface area (Å²) in [5.41, 5.74) is 8.56. The number of hydrogen-bond acceptors (Lipinski definition) is 10. The van der Waals surface area contributed by atoms with E-state index in [2.05, 4.69) is 31.0 Å². The van der Waals surface area contributed by atoms with Gasteiger partial charge in [0, 0.05) is 13.8 Å². The summed E-state index contributed by atoms with van der Waals surface area (Å²) in [6.07, 6.45) is 0. The third-order valence-electron chi connectivity index (χ3n) is 4.92. The Morgan fingerprint density at radius 2 is 0.972 bits per heavy atom. The van der Waals surface area contributed by atoms with Gasteiger partial charge in [-0.15, -0.1) is 0 Å². The average molecular weight is 493 g/mol. The molecule has 2 N–H and O–H groups in total. The molecule has 0 atom stereocenters. The molecule has 0 spiro atoms. The van der Waals surface area contributed by atoms with E-state index in [0.29, 0.717) is 35.9 Å². The van der Waals surface area contributed by atoms with Crippen molar-refractivity contribution in [3.05, 3.63) is 48.5 Å². The van der Waals surface area contributed by atoms with E-state index in [4.69, 9.17) is 9.47 Å². The van der Waals surface area contributed by atoms with Crippen LogP contribution in [0.15, 0.2) is 68.7 Å². The van der Waals surface area contributed by atoms with Crippen molar-refractivity contribution in [3.63, 3.8) is 0 Å². The molecule has 0 fully saturated rings. The maximum absolute atomic E-state index is 12.1. The van der Waals surface area contributed by atoms with Gasteiger partial charge in [0.1, 0.15) is 22.9 Å². The lowest BCUT2D eigenvalue weighted by molar-refractivity contribution is -0.111. The minimum Gasteiger partial charge on any atom is -0.497 e. The number of hydrazone groups is 2. The fourth-order valence-electron chi connectivity index (χ4n) is 2.99. The van der Waals surface area contributed by atoms with E-state index < -0.39 is 0 Å². The number of hydrogen-bond donors (Lipinski definition) is 2. The minimum atomic E-state index is -0.215. The number of anilines is 2. The number of nitrogens with zero attached hydrogens (tertiary/aromatic N) is 4. The van der Waals surface area contributed by atoms with Crippen LogP contribution >= 0.6 is 0 Å². The third-order valence-corrected chi connectivity index (χ3v) is 4.92. The molecule has 10 nitrogen and oxygen atoms in total. The molecule has 0 bridgehead atoms. The van der Waals surface area contributed by atoms with E-state index in [1.54, 1.807) is 76.6 Å². The van der Waals surface area contributed by atoms with Gasteiger partial charge < -0.3 is 9.47 Å². The zero-order valence-corrected chi connectivity index (χ0v) is 21.5. The van der Waals surface area contributed by atoms with E-state index in [1.807, 2.05) is 0 Å². The molecule has 36 heavy (non-hydrogen) atoms. The van der Waals surface area contributed by atoms with Crippen molar-refractivity contribution in [3.8, 4) is 11.5 Å². The number of ether oxygens (including phenoxy) is 2. The van der Waals surface area contributed by atoms with Crippen LogP contribution in [0, 0.1) is 0 Å². The molecule has 0 amide bonds. The van der Waals surface area contributed by atoms with Gasteiger partial charge in [0.15, 0.2) is 11.6 Å². The first-order valence-corrected chi connectivity index (χ1v) is 11.2. The van der Waals surface area contributed by atoms with Crippen LogP contribution in [0.4, 0.5) is 11.4 Å². The summed E-state index contributed by atoms with van der Waals surface area (Å²) in [6.45, 7) is 6.92. The zero-order valence-electron chi connectivity index (χ0n) is 21.5. The largest absolute Gasteiger partial charge is 0.497 e. The Hall–Kier alpha value is -4.34. The molecule has 2 aromatic carbocycles. The molecule has 0 heterocycles. The fourth-order valence-corrected chi connectivity index (χ4v) is 2.99. The molecule has 2 rings (SSSR count). The molecule has 0 aliphatic heterocycles. The molecule has 190 valence electrons. The Balaban J connectivity index is 2.02. The van der Waals surface area contributed by atoms with Crippen molar-refractivity contribution in [1.29, 1.82) is 0 Å². The first-order valence-electron chi connectivity index (χ1n) is 11.2. The van der Waals surface area contributed by atoms with Crippen LogP contribution in [-0.2, 0) is 9.59 Å². The van der Waals surface area contributed by atoms with Crippen LogP contribution in [0.2, 0.25) is 0 Å². The Morgan fingerprint density at radius 3 is 1.25 bits per heavy atom. The van der Waals surface area contributed by atoms with Crippen molar-refractivity contribution < 1.29 is 19.1 Å². The van der Waals surface area contributed by atoms with Crippen LogP contribution in [0.1, 0.15) is 27.7 Å². The number of aliphatic imine (C=N–C) groups is 2. The van der Waals surface area contributed by atoms with Gasteiger partial charge in [-0.1, -0.05) is 0 Å². The minimum absolute atomic E-state index is 0.215.